The van der Waals surface area contributed by atoms with Gasteiger partial charge in [0.2, 0.25) is 0 Å². The van der Waals surface area contributed by atoms with Crippen molar-refractivity contribution in [2.45, 2.75) is 20.8 Å². The molecule has 3 nitrogen and oxygen atoms in total. The number of nitrogens with zero attached hydrogens (tertiary/aromatic N) is 1. The molecule has 0 saturated carbocycles. The first-order chi connectivity index (χ1) is 12.0. The summed E-state index contributed by atoms with van der Waals surface area (Å²) in [5.41, 5.74) is 5.35. The van der Waals surface area contributed by atoms with Gasteiger partial charge in [0.25, 0.3) is 5.91 Å². The lowest BCUT2D eigenvalue weighted by Gasteiger charge is -2.04. The molecular weight excluding hydrogens is 328 g/mol. The normalized spacial score (nSPS) is 18.0. The topological polar surface area (TPSA) is 41.5 Å². The average molecular weight is 348 g/mol. The lowest BCUT2D eigenvalue weighted by atomic mass is 10.1. The Morgan fingerprint density at radius 1 is 1.08 bits per heavy atom. The number of thioether (sulfide) groups is 1. The molecule has 0 atom stereocenters. The molecule has 1 heterocycles. The Bertz CT molecular complexity index is 895. The first-order valence-corrected chi connectivity index (χ1v) is 8.94. The van der Waals surface area contributed by atoms with Crippen LogP contribution in [0.2, 0.25) is 0 Å². The number of amidine groups is 1. The van der Waals surface area contributed by atoms with Crippen molar-refractivity contribution in [3.63, 3.8) is 0 Å². The molecule has 1 saturated heterocycles. The molecule has 1 N–H and O–H groups in total. The molecule has 1 amide bonds. The van der Waals surface area contributed by atoms with Gasteiger partial charge in [-0.15, -0.1) is 0 Å². The van der Waals surface area contributed by atoms with E-state index in [0.29, 0.717) is 10.1 Å². The molecule has 3 rings (SSSR count). The SMILES string of the molecule is CC(=C\c1ccccc1)/C=C1/SC(=Nc2cccc(C)c2C)NC1=O. The number of aryl methyl sites for hydroxylation is 1. The highest BCUT2D eigenvalue weighted by Gasteiger charge is 2.23. The molecule has 0 aliphatic carbocycles. The summed E-state index contributed by atoms with van der Waals surface area (Å²) in [5.74, 6) is -0.102. The number of allylic oxidation sites excluding steroid dienone is 2. The Labute approximate surface area is 152 Å². The zero-order valence-corrected chi connectivity index (χ0v) is 15.4. The van der Waals surface area contributed by atoms with Crippen molar-refractivity contribution in [2.24, 2.45) is 4.99 Å². The first kappa shape index (κ1) is 17.2. The van der Waals surface area contributed by atoms with Crippen molar-refractivity contribution < 1.29 is 4.79 Å². The quantitative estimate of drug-likeness (QED) is 0.780. The van der Waals surface area contributed by atoms with Crippen molar-refractivity contribution in [1.29, 1.82) is 0 Å². The van der Waals surface area contributed by atoms with Gasteiger partial charge in [0.15, 0.2) is 5.17 Å². The zero-order chi connectivity index (χ0) is 17.8. The van der Waals surface area contributed by atoms with E-state index in [9.17, 15) is 4.79 Å². The molecule has 1 fully saturated rings. The van der Waals surface area contributed by atoms with Crippen LogP contribution in [0.25, 0.3) is 6.08 Å². The number of rotatable bonds is 3. The van der Waals surface area contributed by atoms with E-state index in [-0.39, 0.29) is 5.91 Å². The molecule has 25 heavy (non-hydrogen) atoms. The van der Waals surface area contributed by atoms with Crippen LogP contribution in [0, 0.1) is 13.8 Å². The number of hydrogen-bond donors (Lipinski definition) is 1. The molecule has 1 aliphatic rings. The molecule has 2 aromatic carbocycles. The maximum Gasteiger partial charge on any atom is 0.264 e. The summed E-state index contributed by atoms with van der Waals surface area (Å²) >= 11 is 1.38. The minimum Gasteiger partial charge on any atom is -0.300 e. The van der Waals surface area contributed by atoms with Gasteiger partial charge in [0.1, 0.15) is 0 Å². The Morgan fingerprint density at radius 3 is 2.60 bits per heavy atom. The summed E-state index contributed by atoms with van der Waals surface area (Å²) in [4.78, 5) is 17.5. The summed E-state index contributed by atoms with van der Waals surface area (Å²) in [5, 5.41) is 3.47. The Morgan fingerprint density at radius 2 is 1.84 bits per heavy atom. The van der Waals surface area contributed by atoms with Crippen LogP contribution >= 0.6 is 11.8 Å². The maximum atomic E-state index is 12.2. The largest absolute Gasteiger partial charge is 0.300 e. The number of hydrogen-bond acceptors (Lipinski definition) is 3. The number of benzene rings is 2. The number of aliphatic imine (C=N–C) groups is 1. The molecule has 0 bridgehead atoms. The van der Waals surface area contributed by atoms with E-state index in [1.165, 1.54) is 17.3 Å². The summed E-state index contributed by atoms with van der Waals surface area (Å²) in [6.07, 6.45) is 3.96. The Hall–Kier alpha value is -2.59. The van der Waals surface area contributed by atoms with Gasteiger partial charge in [-0.1, -0.05) is 48.5 Å². The van der Waals surface area contributed by atoms with Crippen molar-refractivity contribution in [1.82, 2.24) is 5.32 Å². The van der Waals surface area contributed by atoms with Gasteiger partial charge in [-0.2, -0.15) is 0 Å². The third kappa shape index (κ3) is 4.28. The van der Waals surface area contributed by atoms with Gasteiger partial charge in [-0.05, 0) is 66.9 Å². The lowest BCUT2D eigenvalue weighted by Crippen LogP contribution is -2.19. The molecule has 126 valence electrons. The van der Waals surface area contributed by atoms with Crippen molar-refractivity contribution >= 4 is 34.6 Å². The molecule has 4 heteroatoms. The van der Waals surface area contributed by atoms with E-state index in [2.05, 4.69) is 29.4 Å². The van der Waals surface area contributed by atoms with Gasteiger partial charge in [0.05, 0.1) is 10.6 Å². The second kappa shape index (κ2) is 7.53. The van der Waals surface area contributed by atoms with Crippen molar-refractivity contribution in [2.75, 3.05) is 0 Å². The number of amides is 1. The van der Waals surface area contributed by atoms with E-state index >= 15 is 0 Å². The highest BCUT2D eigenvalue weighted by Crippen LogP contribution is 2.29. The Balaban J connectivity index is 1.81. The summed E-state index contributed by atoms with van der Waals surface area (Å²) in [7, 11) is 0. The van der Waals surface area contributed by atoms with E-state index in [4.69, 9.17) is 0 Å². The number of carbonyl (C=O) groups excluding carboxylic acids is 1. The highest BCUT2D eigenvalue weighted by atomic mass is 32.2. The molecule has 0 aromatic heterocycles. The monoisotopic (exact) mass is 348 g/mol. The predicted molar refractivity (Wildman–Crippen MR) is 107 cm³/mol. The van der Waals surface area contributed by atoms with E-state index < -0.39 is 0 Å². The zero-order valence-electron chi connectivity index (χ0n) is 14.5. The van der Waals surface area contributed by atoms with Gasteiger partial charge in [-0.3, -0.25) is 4.79 Å². The van der Waals surface area contributed by atoms with Crippen LogP contribution in [-0.4, -0.2) is 11.1 Å². The van der Waals surface area contributed by atoms with Crippen LogP contribution in [0.4, 0.5) is 5.69 Å². The van der Waals surface area contributed by atoms with Crippen molar-refractivity contribution in [3.8, 4) is 0 Å². The minimum absolute atomic E-state index is 0.102. The Kier molecular flexibility index (Phi) is 5.19. The molecule has 0 unspecified atom stereocenters. The molecule has 0 spiro atoms. The molecule has 2 aromatic rings. The third-order valence-corrected chi connectivity index (χ3v) is 4.91. The number of carbonyl (C=O) groups is 1. The maximum absolute atomic E-state index is 12.2. The van der Waals surface area contributed by atoms with Gasteiger partial charge in [0, 0.05) is 0 Å². The second-order valence-electron chi connectivity index (χ2n) is 6.00. The third-order valence-electron chi connectivity index (χ3n) is 4.00. The second-order valence-corrected chi connectivity index (χ2v) is 7.03. The predicted octanol–water partition coefficient (Wildman–Crippen LogP) is 5.14. The smallest absolute Gasteiger partial charge is 0.264 e. The molecule has 1 aliphatic heterocycles. The lowest BCUT2D eigenvalue weighted by molar-refractivity contribution is -0.115. The van der Waals surface area contributed by atoms with E-state index in [1.807, 2.05) is 62.4 Å². The van der Waals surface area contributed by atoms with Gasteiger partial charge < -0.3 is 5.32 Å². The number of nitrogens with one attached hydrogen (secondary N) is 1. The van der Waals surface area contributed by atoms with Crippen molar-refractivity contribution in [3.05, 3.63) is 81.8 Å². The van der Waals surface area contributed by atoms with Crippen LogP contribution in [-0.2, 0) is 4.79 Å². The van der Waals surface area contributed by atoms with Crippen LogP contribution in [0.15, 0.2) is 70.1 Å². The van der Waals surface area contributed by atoms with Crippen LogP contribution in [0.3, 0.4) is 0 Å². The highest BCUT2D eigenvalue weighted by molar-refractivity contribution is 8.18. The average Bonchev–Trinajstić information content (AvgIpc) is 2.92. The fourth-order valence-corrected chi connectivity index (χ4v) is 3.39. The summed E-state index contributed by atoms with van der Waals surface area (Å²) < 4.78 is 0. The first-order valence-electron chi connectivity index (χ1n) is 8.12. The molecule has 0 radical (unpaired) electrons. The van der Waals surface area contributed by atoms with E-state index in [0.717, 1.165) is 22.4 Å². The van der Waals surface area contributed by atoms with Gasteiger partial charge >= 0.3 is 0 Å². The van der Waals surface area contributed by atoms with Crippen LogP contribution in [0.5, 0.6) is 0 Å². The van der Waals surface area contributed by atoms with Crippen LogP contribution in [0.1, 0.15) is 23.6 Å². The van der Waals surface area contributed by atoms with Crippen LogP contribution < -0.4 is 5.32 Å². The van der Waals surface area contributed by atoms with Gasteiger partial charge in [-0.25, -0.2) is 4.99 Å². The fraction of sp³-hybridized carbons (Fsp3) is 0.143. The molecular formula is C21H20N2OS. The fourth-order valence-electron chi connectivity index (χ4n) is 2.51. The minimum atomic E-state index is -0.102. The standard InChI is InChI=1S/C21H20N2OS/c1-14(12-17-9-5-4-6-10-17)13-19-20(24)23-21(25-19)22-18-11-7-8-15(2)16(18)3/h4-13H,1-3H3,(H,22,23,24)/b14-12+,19-13+. The summed E-state index contributed by atoms with van der Waals surface area (Å²) in [6, 6.07) is 16.1. The summed E-state index contributed by atoms with van der Waals surface area (Å²) in [6.45, 7) is 6.09. The van der Waals surface area contributed by atoms with E-state index in [1.54, 1.807) is 0 Å².